The lowest BCUT2D eigenvalue weighted by molar-refractivity contribution is -0.746. The van der Waals surface area contributed by atoms with Crippen LogP contribution in [0.4, 0.5) is 10.1 Å². The quantitative estimate of drug-likeness (QED) is 0.624. The summed E-state index contributed by atoms with van der Waals surface area (Å²) >= 11 is 0. The fourth-order valence-electron chi connectivity index (χ4n) is 3.96. The van der Waals surface area contributed by atoms with E-state index in [0.717, 1.165) is 24.2 Å². The van der Waals surface area contributed by atoms with E-state index >= 15 is 0 Å². The highest BCUT2D eigenvalue weighted by molar-refractivity contribution is 5.82. The van der Waals surface area contributed by atoms with Crippen molar-refractivity contribution in [3.05, 3.63) is 72.6 Å². The van der Waals surface area contributed by atoms with Crippen molar-refractivity contribution < 1.29 is 18.5 Å². The maximum absolute atomic E-state index is 14.0. The van der Waals surface area contributed by atoms with Crippen molar-refractivity contribution in [2.24, 2.45) is 9.98 Å². The lowest BCUT2D eigenvalue weighted by atomic mass is 9.91. The predicted octanol–water partition coefficient (Wildman–Crippen LogP) is 5.16. The molecule has 1 atom stereocenters. The van der Waals surface area contributed by atoms with Crippen molar-refractivity contribution in [3.63, 3.8) is 0 Å². The molecule has 30 heavy (non-hydrogen) atoms. The number of allylic oxidation sites excluding steroid dienone is 1. The van der Waals surface area contributed by atoms with Gasteiger partial charge in [0.05, 0.1) is 37.5 Å². The molecular formula is C23H22FN4O2+. The van der Waals surface area contributed by atoms with Crippen molar-refractivity contribution >= 4 is 18.2 Å². The summed E-state index contributed by atoms with van der Waals surface area (Å²) in [6.07, 6.45) is 12.8. The number of anilines is 1. The van der Waals surface area contributed by atoms with Crippen molar-refractivity contribution in [2.45, 2.75) is 25.3 Å². The second-order valence-corrected chi connectivity index (χ2v) is 7.43. The molecule has 5 rings (SSSR count). The smallest absolute Gasteiger partial charge is 0.225 e. The van der Waals surface area contributed by atoms with E-state index in [0.29, 0.717) is 22.1 Å². The summed E-state index contributed by atoms with van der Waals surface area (Å²) in [5.41, 5.74) is 1.95. The zero-order valence-electron chi connectivity index (χ0n) is 16.6. The van der Waals surface area contributed by atoms with Gasteiger partial charge in [-0.1, -0.05) is 12.1 Å². The van der Waals surface area contributed by atoms with Crippen LogP contribution < -0.4 is 14.5 Å². The van der Waals surface area contributed by atoms with Gasteiger partial charge in [0.15, 0.2) is 29.3 Å². The molecule has 1 unspecified atom stereocenters. The first-order chi connectivity index (χ1) is 14.7. The predicted molar refractivity (Wildman–Crippen MR) is 114 cm³/mol. The molecular weight excluding hydrogens is 383 g/mol. The fraction of sp³-hybridized carbons (Fsp3) is 0.217. The van der Waals surface area contributed by atoms with Gasteiger partial charge in [-0.25, -0.2) is 14.4 Å². The number of hydrogen-bond donors (Lipinski definition) is 0. The highest BCUT2D eigenvalue weighted by Crippen LogP contribution is 2.42. The SMILES string of the molecule is COc1cc(N(C2CCC2)[N+]23C=CN=CC2=CN=C3)ccc1Oc1ccccc1F. The minimum absolute atomic E-state index is 0.161. The van der Waals surface area contributed by atoms with Gasteiger partial charge in [0.1, 0.15) is 0 Å². The number of rotatable bonds is 6. The first-order valence-electron chi connectivity index (χ1n) is 9.96. The summed E-state index contributed by atoms with van der Waals surface area (Å²) in [4.78, 5) is 8.69. The number of ether oxygens (including phenoxy) is 2. The second-order valence-electron chi connectivity index (χ2n) is 7.43. The molecule has 1 fully saturated rings. The van der Waals surface area contributed by atoms with Gasteiger partial charge in [0.2, 0.25) is 12.0 Å². The van der Waals surface area contributed by atoms with Gasteiger partial charge in [-0.05, 0) is 43.5 Å². The number of hydrogen-bond acceptors (Lipinski definition) is 5. The van der Waals surface area contributed by atoms with Gasteiger partial charge in [-0.15, -0.1) is 4.59 Å². The van der Waals surface area contributed by atoms with E-state index < -0.39 is 5.82 Å². The van der Waals surface area contributed by atoms with Gasteiger partial charge in [-0.2, -0.15) is 0 Å². The zero-order chi connectivity index (χ0) is 20.6. The molecule has 0 radical (unpaired) electrons. The molecule has 2 aromatic rings. The van der Waals surface area contributed by atoms with Crippen molar-refractivity contribution in [1.82, 2.24) is 0 Å². The Morgan fingerprint density at radius 3 is 2.70 bits per heavy atom. The van der Waals surface area contributed by atoms with Crippen LogP contribution in [0.1, 0.15) is 19.3 Å². The lowest BCUT2D eigenvalue weighted by Crippen LogP contribution is -2.61. The molecule has 0 saturated heterocycles. The summed E-state index contributed by atoms with van der Waals surface area (Å²) in [6.45, 7) is 0. The Bertz CT molecular complexity index is 1090. The molecule has 0 aromatic heterocycles. The van der Waals surface area contributed by atoms with Gasteiger partial charge in [0, 0.05) is 6.07 Å². The summed E-state index contributed by atoms with van der Waals surface area (Å²) in [5.74, 6) is 0.739. The Hall–Kier alpha value is -3.45. The van der Waals surface area contributed by atoms with Crippen LogP contribution in [0, 0.1) is 5.82 Å². The molecule has 2 aromatic carbocycles. The fourth-order valence-corrected chi connectivity index (χ4v) is 3.96. The van der Waals surface area contributed by atoms with E-state index in [1.54, 1.807) is 31.5 Å². The van der Waals surface area contributed by atoms with Crippen LogP contribution in [0.2, 0.25) is 0 Å². The number of nitrogens with zero attached hydrogens (tertiary/aromatic N) is 4. The van der Waals surface area contributed by atoms with Gasteiger partial charge in [-0.3, -0.25) is 4.99 Å². The molecule has 152 valence electrons. The van der Waals surface area contributed by atoms with Crippen molar-refractivity contribution in [3.8, 4) is 17.2 Å². The topological polar surface area (TPSA) is 46.4 Å². The first kappa shape index (κ1) is 18.6. The Kier molecular flexibility index (Phi) is 4.59. The number of fused-ring (bicyclic) bond motifs is 1. The Labute approximate surface area is 174 Å². The summed E-state index contributed by atoms with van der Waals surface area (Å²) in [5, 5.41) is 2.32. The summed E-state index contributed by atoms with van der Waals surface area (Å²) in [7, 11) is 1.59. The maximum Gasteiger partial charge on any atom is 0.225 e. The zero-order valence-corrected chi connectivity index (χ0v) is 16.6. The van der Waals surface area contributed by atoms with Crippen molar-refractivity contribution in [1.29, 1.82) is 0 Å². The minimum Gasteiger partial charge on any atom is -0.493 e. The first-order valence-corrected chi connectivity index (χ1v) is 9.96. The van der Waals surface area contributed by atoms with Gasteiger partial charge < -0.3 is 9.47 Å². The standard InChI is InChI=1S/C23H22FN4O2/c1-29-23-13-18(9-10-22(23)30-21-8-3-2-7-20(21)24)27(17-5-4-6-17)28-12-11-25-14-19(28)15-26-16-28/h2-3,7-17H,4-6H2,1H3/q+1. The van der Waals surface area contributed by atoms with E-state index in [2.05, 4.69) is 15.0 Å². The van der Waals surface area contributed by atoms with Crippen LogP contribution in [0.5, 0.6) is 17.2 Å². The Balaban J connectivity index is 1.54. The monoisotopic (exact) mass is 405 g/mol. The molecule has 6 nitrogen and oxygen atoms in total. The van der Waals surface area contributed by atoms with Crippen LogP contribution in [-0.4, -0.2) is 30.3 Å². The van der Waals surface area contributed by atoms with Crippen molar-refractivity contribution in [2.75, 3.05) is 12.1 Å². The van der Waals surface area contributed by atoms with E-state index in [-0.39, 0.29) is 5.75 Å². The van der Waals surface area contributed by atoms with Gasteiger partial charge >= 0.3 is 0 Å². The lowest BCUT2D eigenvalue weighted by Gasteiger charge is -2.46. The number of quaternary nitrogens is 1. The van der Waals surface area contributed by atoms with Gasteiger partial charge in [0.25, 0.3) is 0 Å². The molecule has 3 aliphatic rings. The largest absolute Gasteiger partial charge is 0.493 e. The average Bonchev–Trinajstić information content (AvgIpc) is 3.17. The highest BCUT2D eigenvalue weighted by Gasteiger charge is 2.46. The molecule has 2 aliphatic heterocycles. The van der Waals surface area contributed by atoms with Crippen LogP contribution in [0.15, 0.2) is 76.7 Å². The summed E-state index contributed by atoms with van der Waals surface area (Å²) < 4.78 is 25.8. The number of para-hydroxylation sites is 1. The highest BCUT2D eigenvalue weighted by atomic mass is 19.1. The second kappa shape index (κ2) is 7.42. The third-order valence-electron chi connectivity index (χ3n) is 5.70. The average molecular weight is 405 g/mol. The molecule has 0 bridgehead atoms. The third-order valence-corrected chi connectivity index (χ3v) is 5.70. The summed E-state index contributed by atoms with van der Waals surface area (Å²) in [6, 6.07) is 12.4. The van der Waals surface area contributed by atoms with Crippen LogP contribution in [0.25, 0.3) is 0 Å². The van der Waals surface area contributed by atoms with Crippen LogP contribution >= 0.6 is 0 Å². The van der Waals surface area contributed by atoms with E-state index in [1.165, 1.54) is 12.5 Å². The molecule has 0 N–H and O–H groups in total. The Morgan fingerprint density at radius 1 is 1.07 bits per heavy atom. The minimum atomic E-state index is -0.418. The van der Waals surface area contributed by atoms with Crippen LogP contribution in [0.3, 0.4) is 0 Å². The number of aliphatic imine (C=N–C) groups is 2. The number of benzene rings is 2. The molecule has 7 heteroatoms. The molecule has 1 aliphatic carbocycles. The number of methoxy groups -OCH3 is 1. The number of halogens is 1. The molecule has 0 amide bonds. The Morgan fingerprint density at radius 2 is 1.93 bits per heavy atom. The molecule has 2 heterocycles. The maximum atomic E-state index is 14.0. The van der Waals surface area contributed by atoms with E-state index in [4.69, 9.17) is 9.47 Å². The normalized spacial score (nSPS) is 21.7. The van der Waals surface area contributed by atoms with E-state index in [9.17, 15) is 4.39 Å². The molecule has 1 saturated carbocycles. The van der Waals surface area contributed by atoms with E-state index in [1.807, 2.05) is 43.2 Å². The molecule has 0 spiro atoms. The van der Waals surface area contributed by atoms with Crippen LogP contribution in [-0.2, 0) is 0 Å². The third kappa shape index (κ3) is 2.98.